The van der Waals surface area contributed by atoms with Gasteiger partial charge in [0.05, 0.1) is 6.61 Å². The van der Waals surface area contributed by atoms with Crippen LogP contribution in [0, 0.1) is 11.8 Å². The Morgan fingerprint density at radius 3 is 2.65 bits per heavy atom. The molecule has 3 atom stereocenters. The number of hydrogen-bond acceptors (Lipinski definition) is 2. The van der Waals surface area contributed by atoms with Gasteiger partial charge in [0.15, 0.2) is 0 Å². The van der Waals surface area contributed by atoms with E-state index in [9.17, 15) is 0 Å². The van der Waals surface area contributed by atoms with Crippen molar-refractivity contribution in [3.8, 4) is 0 Å². The Balaban J connectivity index is 1.52. The summed E-state index contributed by atoms with van der Waals surface area (Å²) < 4.78 is 0. The highest BCUT2D eigenvalue weighted by Crippen LogP contribution is 2.49. The molecule has 92 valence electrons. The molecule has 0 bridgehead atoms. The Bertz CT molecular complexity index is 373. The fourth-order valence-corrected chi connectivity index (χ4v) is 3.17. The van der Waals surface area contributed by atoms with Crippen molar-refractivity contribution >= 4 is 0 Å². The van der Waals surface area contributed by atoms with Gasteiger partial charge in [-0.25, -0.2) is 0 Å². The average molecular weight is 231 g/mol. The summed E-state index contributed by atoms with van der Waals surface area (Å²) in [5.41, 5.74) is 2.32. The topological polar surface area (TPSA) is 32.3 Å². The molecular weight excluding hydrogens is 210 g/mol. The fourth-order valence-electron chi connectivity index (χ4n) is 3.17. The third-order valence-electron chi connectivity index (χ3n) is 4.36. The zero-order valence-corrected chi connectivity index (χ0v) is 10.2. The van der Waals surface area contributed by atoms with Crippen LogP contribution in [0.15, 0.2) is 24.3 Å². The Kier molecular flexibility index (Phi) is 3.17. The average Bonchev–Trinajstić information content (AvgIpc) is 3.16. The Morgan fingerprint density at radius 2 is 1.88 bits per heavy atom. The van der Waals surface area contributed by atoms with E-state index in [1.54, 1.807) is 0 Å². The van der Waals surface area contributed by atoms with Crippen LogP contribution in [0.3, 0.4) is 0 Å². The third-order valence-corrected chi connectivity index (χ3v) is 4.36. The molecule has 17 heavy (non-hydrogen) atoms. The maximum absolute atomic E-state index is 8.99. The minimum absolute atomic E-state index is 0.139. The number of fused-ring (bicyclic) bond motifs is 1. The summed E-state index contributed by atoms with van der Waals surface area (Å²) in [5, 5.41) is 12.7. The van der Waals surface area contributed by atoms with Gasteiger partial charge in [-0.1, -0.05) is 37.1 Å². The molecule has 0 heterocycles. The van der Waals surface area contributed by atoms with Crippen molar-refractivity contribution in [2.75, 3.05) is 0 Å². The second-order valence-electron chi connectivity index (χ2n) is 5.55. The lowest BCUT2D eigenvalue weighted by Gasteiger charge is -2.22. The number of aliphatic hydroxyl groups is 1. The molecule has 2 aliphatic rings. The van der Waals surface area contributed by atoms with Gasteiger partial charge >= 0.3 is 0 Å². The first-order chi connectivity index (χ1) is 8.36. The molecule has 0 amide bonds. The Morgan fingerprint density at radius 1 is 1.12 bits per heavy atom. The first-order valence-electron chi connectivity index (χ1n) is 6.79. The molecule has 2 saturated carbocycles. The van der Waals surface area contributed by atoms with Gasteiger partial charge in [-0.3, -0.25) is 0 Å². The van der Waals surface area contributed by atoms with Crippen LogP contribution in [0.1, 0.15) is 36.8 Å². The van der Waals surface area contributed by atoms with Crippen LogP contribution in [0.5, 0.6) is 0 Å². The van der Waals surface area contributed by atoms with Gasteiger partial charge < -0.3 is 10.4 Å². The van der Waals surface area contributed by atoms with Gasteiger partial charge in [0, 0.05) is 12.6 Å². The molecule has 2 aliphatic carbocycles. The van der Waals surface area contributed by atoms with Gasteiger partial charge in [-0.15, -0.1) is 0 Å². The number of benzene rings is 1. The summed E-state index contributed by atoms with van der Waals surface area (Å²) in [7, 11) is 0. The second-order valence-corrected chi connectivity index (χ2v) is 5.55. The molecule has 2 nitrogen and oxygen atoms in total. The van der Waals surface area contributed by atoms with E-state index in [0.29, 0.717) is 0 Å². The minimum atomic E-state index is 0.139. The normalized spacial score (nSPS) is 31.0. The van der Waals surface area contributed by atoms with Gasteiger partial charge in [-0.2, -0.15) is 0 Å². The summed E-state index contributed by atoms with van der Waals surface area (Å²) in [6.45, 7) is 1.11. The monoisotopic (exact) mass is 231 g/mol. The molecule has 1 unspecified atom stereocenters. The SMILES string of the molecule is OCc1ccc(CNC2CCC[C@H]3C[C@@H]23)cc1. The zero-order chi connectivity index (χ0) is 11.7. The van der Waals surface area contributed by atoms with Crippen molar-refractivity contribution < 1.29 is 5.11 Å². The number of rotatable bonds is 4. The van der Waals surface area contributed by atoms with Crippen LogP contribution in [-0.2, 0) is 13.2 Å². The lowest BCUT2D eigenvalue weighted by Crippen LogP contribution is -2.33. The first-order valence-corrected chi connectivity index (χ1v) is 6.79. The molecular formula is C15H21NO. The van der Waals surface area contributed by atoms with Crippen molar-refractivity contribution in [3.63, 3.8) is 0 Å². The minimum Gasteiger partial charge on any atom is -0.392 e. The van der Waals surface area contributed by atoms with Crippen LogP contribution >= 0.6 is 0 Å². The van der Waals surface area contributed by atoms with Crippen molar-refractivity contribution in [3.05, 3.63) is 35.4 Å². The highest BCUT2D eigenvalue weighted by molar-refractivity contribution is 5.22. The quantitative estimate of drug-likeness (QED) is 0.834. The van der Waals surface area contributed by atoms with Gasteiger partial charge in [0.1, 0.15) is 0 Å². The van der Waals surface area contributed by atoms with E-state index >= 15 is 0 Å². The molecule has 0 aliphatic heterocycles. The number of hydrogen-bond donors (Lipinski definition) is 2. The van der Waals surface area contributed by atoms with Gasteiger partial charge in [0.2, 0.25) is 0 Å². The molecule has 0 saturated heterocycles. The summed E-state index contributed by atoms with van der Waals surface area (Å²) in [6, 6.07) is 9.01. The molecule has 0 spiro atoms. The van der Waals surface area contributed by atoms with Gasteiger partial charge in [0.25, 0.3) is 0 Å². The predicted octanol–water partition coefficient (Wildman–Crippen LogP) is 2.46. The summed E-state index contributed by atoms with van der Waals surface area (Å²) in [6.07, 6.45) is 5.69. The summed E-state index contributed by atoms with van der Waals surface area (Å²) in [4.78, 5) is 0. The molecule has 2 N–H and O–H groups in total. The molecule has 2 fully saturated rings. The highest BCUT2D eigenvalue weighted by Gasteiger charge is 2.44. The first kappa shape index (κ1) is 11.2. The molecule has 0 aromatic heterocycles. The number of nitrogens with one attached hydrogen (secondary N) is 1. The maximum Gasteiger partial charge on any atom is 0.0681 e. The Labute approximate surface area is 103 Å². The lowest BCUT2D eigenvalue weighted by molar-refractivity contribution is 0.282. The van der Waals surface area contributed by atoms with Crippen molar-refractivity contribution in [1.82, 2.24) is 5.32 Å². The van der Waals surface area contributed by atoms with Crippen LogP contribution < -0.4 is 5.32 Å². The second kappa shape index (κ2) is 4.79. The fraction of sp³-hybridized carbons (Fsp3) is 0.600. The van der Waals surface area contributed by atoms with E-state index in [1.165, 1.54) is 31.2 Å². The Hall–Kier alpha value is -0.860. The van der Waals surface area contributed by atoms with Crippen LogP contribution in [0.25, 0.3) is 0 Å². The van der Waals surface area contributed by atoms with E-state index in [4.69, 9.17) is 5.11 Å². The predicted molar refractivity (Wildman–Crippen MR) is 68.4 cm³/mol. The van der Waals surface area contributed by atoms with Crippen LogP contribution in [0.4, 0.5) is 0 Å². The molecule has 0 radical (unpaired) electrons. The zero-order valence-electron chi connectivity index (χ0n) is 10.2. The van der Waals surface area contributed by atoms with E-state index < -0.39 is 0 Å². The highest BCUT2D eigenvalue weighted by atomic mass is 16.3. The standard InChI is InChI=1S/C15H21NO/c17-10-12-6-4-11(5-7-12)9-16-15-3-1-2-13-8-14(13)15/h4-7,13-17H,1-3,8-10H2/t13-,14+,15?/m0/s1. The van der Waals surface area contributed by atoms with Crippen molar-refractivity contribution in [1.29, 1.82) is 0 Å². The van der Waals surface area contributed by atoms with E-state index in [0.717, 1.165) is 30.0 Å². The lowest BCUT2D eigenvalue weighted by atomic mass is 9.95. The van der Waals surface area contributed by atoms with E-state index in [-0.39, 0.29) is 6.61 Å². The maximum atomic E-state index is 8.99. The molecule has 1 aromatic carbocycles. The van der Waals surface area contributed by atoms with E-state index in [2.05, 4.69) is 17.4 Å². The largest absolute Gasteiger partial charge is 0.392 e. The van der Waals surface area contributed by atoms with E-state index in [1.807, 2.05) is 12.1 Å². The number of aliphatic hydroxyl groups excluding tert-OH is 1. The molecule has 1 aromatic rings. The van der Waals surface area contributed by atoms with Crippen molar-refractivity contribution in [2.24, 2.45) is 11.8 Å². The smallest absolute Gasteiger partial charge is 0.0681 e. The third kappa shape index (κ3) is 2.53. The van der Waals surface area contributed by atoms with Crippen LogP contribution in [-0.4, -0.2) is 11.1 Å². The summed E-state index contributed by atoms with van der Waals surface area (Å²) >= 11 is 0. The molecule has 3 rings (SSSR count). The van der Waals surface area contributed by atoms with Crippen molar-refractivity contribution in [2.45, 2.75) is 44.9 Å². The van der Waals surface area contributed by atoms with Crippen LogP contribution in [0.2, 0.25) is 0 Å². The summed E-state index contributed by atoms with van der Waals surface area (Å²) in [5.74, 6) is 2.01. The molecule has 2 heteroatoms. The van der Waals surface area contributed by atoms with Gasteiger partial charge in [-0.05, 0) is 35.8 Å².